The minimum Gasteiger partial charge on any atom is -0.324 e. The van der Waals surface area contributed by atoms with E-state index in [1.54, 1.807) is 36.4 Å². The molecule has 7 heteroatoms. The zero-order valence-corrected chi connectivity index (χ0v) is 14.3. The Balaban J connectivity index is 1.90. The van der Waals surface area contributed by atoms with Crippen molar-refractivity contribution in [3.8, 4) is 0 Å². The van der Waals surface area contributed by atoms with Gasteiger partial charge in [-0.1, -0.05) is 6.07 Å². The van der Waals surface area contributed by atoms with Crippen molar-refractivity contribution in [3.05, 3.63) is 47.5 Å². The van der Waals surface area contributed by atoms with Crippen LogP contribution in [0.25, 0.3) is 0 Å². The molecule has 3 rings (SSSR count). The van der Waals surface area contributed by atoms with E-state index in [0.717, 1.165) is 16.0 Å². The zero-order valence-electron chi connectivity index (χ0n) is 12.7. The van der Waals surface area contributed by atoms with Crippen LogP contribution in [0.2, 0.25) is 0 Å². The molecule has 0 fully saturated rings. The lowest BCUT2D eigenvalue weighted by molar-refractivity contribution is -0.113. The summed E-state index contributed by atoms with van der Waals surface area (Å²) in [4.78, 5) is 12.6. The molecule has 0 aromatic heterocycles. The van der Waals surface area contributed by atoms with Crippen LogP contribution in [0.3, 0.4) is 0 Å². The predicted octanol–water partition coefficient (Wildman–Crippen LogP) is 3.15. The highest BCUT2D eigenvalue weighted by Gasteiger charge is 2.18. The number of thioether (sulfide) groups is 1. The number of nitrogens with one attached hydrogen (secondary N) is 2. The maximum absolute atomic E-state index is 12.5. The van der Waals surface area contributed by atoms with E-state index in [-0.39, 0.29) is 10.8 Å². The van der Waals surface area contributed by atoms with Gasteiger partial charge in [-0.25, -0.2) is 8.42 Å². The molecule has 2 aromatic carbocycles. The van der Waals surface area contributed by atoms with Crippen LogP contribution in [0.4, 0.5) is 11.4 Å². The van der Waals surface area contributed by atoms with Crippen LogP contribution in [-0.4, -0.2) is 20.1 Å². The number of aryl methyl sites for hydroxylation is 2. The molecule has 1 aliphatic rings. The number of carbonyl (C=O) groups is 1. The van der Waals surface area contributed by atoms with Gasteiger partial charge in [-0.05, 0) is 55.3 Å². The van der Waals surface area contributed by atoms with E-state index in [1.165, 1.54) is 11.8 Å². The number of anilines is 2. The fourth-order valence-corrected chi connectivity index (χ4v) is 4.16. The van der Waals surface area contributed by atoms with Gasteiger partial charge >= 0.3 is 0 Å². The Bertz CT molecular complexity index is 892. The Morgan fingerprint density at radius 2 is 1.87 bits per heavy atom. The fourth-order valence-electron chi connectivity index (χ4n) is 2.24. The first-order chi connectivity index (χ1) is 10.8. The summed E-state index contributed by atoms with van der Waals surface area (Å²) in [7, 11) is -3.66. The highest BCUT2D eigenvalue weighted by Crippen LogP contribution is 2.34. The number of hydrogen-bond acceptors (Lipinski definition) is 4. The van der Waals surface area contributed by atoms with Gasteiger partial charge in [0.2, 0.25) is 5.91 Å². The Hall–Kier alpha value is -1.99. The topological polar surface area (TPSA) is 75.3 Å². The molecule has 0 aliphatic carbocycles. The monoisotopic (exact) mass is 348 g/mol. The van der Waals surface area contributed by atoms with Gasteiger partial charge in [0.1, 0.15) is 0 Å². The van der Waals surface area contributed by atoms with Gasteiger partial charge in [0, 0.05) is 4.90 Å². The number of sulfonamides is 1. The van der Waals surface area contributed by atoms with E-state index in [1.807, 2.05) is 13.8 Å². The van der Waals surface area contributed by atoms with E-state index in [4.69, 9.17) is 0 Å². The van der Waals surface area contributed by atoms with E-state index in [9.17, 15) is 13.2 Å². The number of hydrogen-bond donors (Lipinski definition) is 2. The largest absolute Gasteiger partial charge is 0.324 e. The second kappa shape index (κ2) is 5.90. The number of amides is 1. The second-order valence-corrected chi connectivity index (χ2v) is 8.10. The van der Waals surface area contributed by atoms with Crippen molar-refractivity contribution in [2.24, 2.45) is 0 Å². The molecular formula is C16H16N2O3S2. The number of benzene rings is 2. The quantitative estimate of drug-likeness (QED) is 0.893. The highest BCUT2D eigenvalue weighted by atomic mass is 32.2. The Morgan fingerprint density at radius 3 is 2.61 bits per heavy atom. The Kier molecular flexibility index (Phi) is 4.08. The first kappa shape index (κ1) is 15.9. The van der Waals surface area contributed by atoms with E-state index < -0.39 is 10.0 Å². The van der Waals surface area contributed by atoms with E-state index in [0.29, 0.717) is 17.1 Å². The number of carbonyl (C=O) groups excluding carboxylic acids is 1. The normalized spacial score (nSPS) is 14.1. The molecule has 1 heterocycles. The van der Waals surface area contributed by atoms with Crippen molar-refractivity contribution in [2.75, 3.05) is 15.8 Å². The molecule has 0 saturated carbocycles. The standard InChI is InChI=1S/C16H16N2O3S2/c1-10-3-5-13(7-11(10)2)23(20,21)18-12-4-6-15-14(8-12)17-16(19)9-22-15/h3-8,18H,9H2,1-2H3,(H,17,19). The van der Waals surface area contributed by atoms with Crippen LogP contribution in [0, 0.1) is 13.8 Å². The van der Waals surface area contributed by atoms with Gasteiger partial charge in [0.25, 0.3) is 10.0 Å². The molecule has 2 N–H and O–H groups in total. The molecule has 0 atom stereocenters. The smallest absolute Gasteiger partial charge is 0.261 e. The molecule has 1 amide bonds. The van der Waals surface area contributed by atoms with Crippen LogP contribution in [0.5, 0.6) is 0 Å². The molecular weight excluding hydrogens is 332 g/mol. The molecule has 5 nitrogen and oxygen atoms in total. The minimum absolute atomic E-state index is 0.0864. The van der Waals surface area contributed by atoms with E-state index in [2.05, 4.69) is 10.0 Å². The third-order valence-corrected chi connectivity index (χ3v) is 6.11. The molecule has 2 aromatic rings. The summed E-state index contributed by atoms with van der Waals surface area (Å²) < 4.78 is 27.5. The van der Waals surface area contributed by atoms with Crippen LogP contribution >= 0.6 is 11.8 Å². The van der Waals surface area contributed by atoms with Crippen LogP contribution in [0.15, 0.2) is 46.2 Å². The predicted molar refractivity (Wildman–Crippen MR) is 92.5 cm³/mol. The lowest BCUT2D eigenvalue weighted by atomic mass is 10.1. The molecule has 0 spiro atoms. The molecule has 0 bridgehead atoms. The molecule has 120 valence electrons. The second-order valence-electron chi connectivity index (χ2n) is 5.40. The minimum atomic E-state index is -3.66. The fraction of sp³-hybridized carbons (Fsp3) is 0.188. The summed E-state index contributed by atoms with van der Waals surface area (Å²) in [6.45, 7) is 3.81. The lowest BCUT2D eigenvalue weighted by Crippen LogP contribution is -2.19. The summed E-state index contributed by atoms with van der Waals surface area (Å²) in [6, 6.07) is 10.2. The summed E-state index contributed by atoms with van der Waals surface area (Å²) in [5.74, 6) is 0.289. The van der Waals surface area contributed by atoms with Crippen LogP contribution < -0.4 is 10.0 Å². The third-order valence-electron chi connectivity index (χ3n) is 3.65. The van der Waals surface area contributed by atoms with Gasteiger partial charge in [-0.3, -0.25) is 9.52 Å². The zero-order chi connectivity index (χ0) is 16.6. The first-order valence-electron chi connectivity index (χ1n) is 7.02. The van der Waals surface area contributed by atoms with Crippen LogP contribution in [-0.2, 0) is 14.8 Å². The van der Waals surface area contributed by atoms with Gasteiger partial charge < -0.3 is 5.32 Å². The summed E-state index contributed by atoms with van der Waals surface area (Å²) in [6.07, 6.45) is 0. The van der Waals surface area contributed by atoms with Crippen molar-refractivity contribution < 1.29 is 13.2 Å². The van der Waals surface area contributed by atoms with Gasteiger partial charge in [0.05, 0.1) is 22.0 Å². The SMILES string of the molecule is Cc1ccc(S(=O)(=O)Nc2ccc3c(c2)NC(=O)CS3)cc1C. The Labute approximate surface area is 139 Å². The average molecular weight is 348 g/mol. The average Bonchev–Trinajstić information content (AvgIpc) is 2.49. The van der Waals surface area contributed by atoms with Gasteiger partial charge in [-0.15, -0.1) is 11.8 Å². The molecule has 23 heavy (non-hydrogen) atoms. The number of fused-ring (bicyclic) bond motifs is 1. The lowest BCUT2D eigenvalue weighted by Gasteiger charge is -2.17. The van der Waals surface area contributed by atoms with E-state index >= 15 is 0 Å². The maximum Gasteiger partial charge on any atom is 0.261 e. The summed E-state index contributed by atoms with van der Waals surface area (Å²) >= 11 is 1.43. The molecule has 0 radical (unpaired) electrons. The van der Waals surface area contributed by atoms with Gasteiger partial charge in [-0.2, -0.15) is 0 Å². The number of rotatable bonds is 3. The Morgan fingerprint density at radius 1 is 1.09 bits per heavy atom. The van der Waals surface area contributed by atoms with Crippen molar-refractivity contribution in [1.29, 1.82) is 0 Å². The van der Waals surface area contributed by atoms with Gasteiger partial charge in [0.15, 0.2) is 0 Å². The van der Waals surface area contributed by atoms with Crippen molar-refractivity contribution >= 4 is 39.1 Å². The van der Waals surface area contributed by atoms with Crippen LogP contribution in [0.1, 0.15) is 11.1 Å². The summed E-state index contributed by atoms with van der Waals surface area (Å²) in [5.41, 5.74) is 3.01. The molecule has 0 unspecified atom stereocenters. The maximum atomic E-state index is 12.5. The summed E-state index contributed by atoms with van der Waals surface area (Å²) in [5, 5.41) is 2.75. The van der Waals surface area contributed by atoms with Crippen molar-refractivity contribution in [3.63, 3.8) is 0 Å². The highest BCUT2D eigenvalue weighted by molar-refractivity contribution is 8.00. The molecule has 1 aliphatic heterocycles. The van der Waals surface area contributed by atoms with Crippen molar-refractivity contribution in [2.45, 2.75) is 23.6 Å². The molecule has 0 saturated heterocycles. The first-order valence-corrected chi connectivity index (χ1v) is 9.49. The third kappa shape index (κ3) is 3.35. The van der Waals surface area contributed by atoms with Crippen molar-refractivity contribution in [1.82, 2.24) is 0 Å².